The molecule has 0 atom stereocenters. The minimum absolute atomic E-state index is 0.786. The van der Waals surface area contributed by atoms with Crippen LogP contribution in [0.3, 0.4) is 0 Å². The molecule has 3 heteroatoms. The van der Waals surface area contributed by atoms with Gasteiger partial charge in [-0.1, -0.05) is 42.8 Å². The van der Waals surface area contributed by atoms with Crippen molar-refractivity contribution < 1.29 is 0 Å². The van der Waals surface area contributed by atoms with E-state index < -0.39 is 0 Å². The van der Waals surface area contributed by atoms with Gasteiger partial charge < -0.3 is 5.32 Å². The average Bonchev–Trinajstić information content (AvgIpc) is 2.52. The van der Waals surface area contributed by atoms with Crippen molar-refractivity contribution in [2.75, 3.05) is 6.54 Å². The maximum atomic E-state index is 6.45. The van der Waals surface area contributed by atoms with E-state index in [9.17, 15) is 0 Å². The second kappa shape index (κ2) is 6.25. The molecule has 0 aliphatic rings. The molecular weight excluding hydrogens is 280 g/mol. The van der Waals surface area contributed by atoms with Crippen molar-refractivity contribution in [2.24, 2.45) is 0 Å². The number of hydrogen-bond donors (Lipinski definition) is 1. The summed E-state index contributed by atoms with van der Waals surface area (Å²) in [6, 6.07) is 16.5. The van der Waals surface area contributed by atoms with E-state index in [2.05, 4.69) is 47.6 Å². The van der Waals surface area contributed by atoms with Crippen LogP contribution >= 0.6 is 11.6 Å². The van der Waals surface area contributed by atoms with Crippen LogP contribution in [0.2, 0.25) is 5.02 Å². The maximum absolute atomic E-state index is 6.45. The summed E-state index contributed by atoms with van der Waals surface area (Å²) < 4.78 is 0. The zero-order valence-electron chi connectivity index (χ0n) is 11.9. The molecular formula is C18H17ClN2. The Morgan fingerprint density at radius 2 is 2.00 bits per heavy atom. The number of nitrogens with one attached hydrogen (secondary N) is 1. The molecule has 3 aromatic rings. The molecule has 0 amide bonds. The molecule has 0 aliphatic heterocycles. The van der Waals surface area contributed by atoms with Gasteiger partial charge in [0.2, 0.25) is 0 Å². The van der Waals surface area contributed by atoms with Crippen LogP contribution in [-0.2, 0) is 6.54 Å². The zero-order chi connectivity index (χ0) is 14.7. The Bertz CT molecular complexity index is 768. The maximum Gasteiger partial charge on any atom is 0.0702 e. The monoisotopic (exact) mass is 296 g/mol. The van der Waals surface area contributed by atoms with Crippen molar-refractivity contribution in [1.82, 2.24) is 10.3 Å². The van der Waals surface area contributed by atoms with Gasteiger partial charge in [0.05, 0.1) is 5.52 Å². The minimum atomic E-state index is 0.786. The standard InChI is InChI=1S/C18H17ClN2/c1-2-20-12-13-5-7-16(17(19)10-13)14-6-8-18-15(11-14)4-3-9-21-18/h3-11,20H,2,12H2,1H3. The Morgan fingerprint density at radius 3 is 2.81 bits per heavy atom. The van der Waals surface area contributed by atoms with E-state index in [-0.39, 0.29) is 0 Å². The van der Waals surface area contributed by atoms with Crippen LogP contribution in [0.25, 0.3) is 22.0 Å². The third-order valence-corrected chi connectivity index (χ3v) is 3.84. The molecule has 0 unspecified atom stereocenters. The van der Waals surface area contributed by atoms with Crippen LogP contribution in [-0.4, -0.2) is 11.5 Å². The smallest absolute Gasteiger partial charge is 0.0702 e. The highest BCUT2D eigenvalue weighted by Gasteiger charge is 2.06. The van der Waals surface area contributed by atoms with Gasteiger partial charge in [-0.2, -0.15) is 0 Å². The molecule has 3 rings (SSSR count). The van der Waals surface area contributed by atoms with E-state index in [1.165, 1.54) is 5.56 Å². The molecule has 21 heavy (non-hydrogen) atoms. The van der Waals surface area contributed by atoms with Gasteiger partial charge in [0.25, 0.3) is 0 Å². The Kier molecular flexibility index (Phi) is 4.18. The van der Waals surface area contributed by atoms with Crippen molar-refractivity contribution in [3.63, 3.8) is 0 Å². The number of pyridine rings is 1. The van der Waals surface area contributed by atoms with E-state index in [4.69, 9.17) is 11.6 Å². The summed E-state index contributed by atoms with van der Waals surface area (Å²) in [7, 11) is 0. The van der Waals surface area contributed by atoms with Crippen LogP contribution in [0.5, 0.6) is 0 Å². The molecule has 1 aromatic heterocycles. The lowest BCUT2D eigenvalue weighted by Crippen LogP contribution is -2.11. The van der Waals surface area contributed by atoms with Gasteiger partial charge >= 0.3 is 0 Å². The largest absolute Gasteiger partial charge is 0.313 e. The number of rotatable bonds is 4. The summed E-state index contributed by atoms with van der Waals surface area (Å²) in [6.45, 7) is 3.90. The fraction of sp³-hybridized carbons (Fsp3) is 0.167. The first-order valence-electron chi connectivity index (χ1n) is 7.12. The Balaban J connectivity index is 1.98. The van der Waals surface area contributed by atoms with Crippen molar-refractivity contribution in [3.05, 3.63) is 65.3 Å². The second-order valence-electron chi connectivity index (χ2n) is 5.01. The van der Waals surface area contributed by atoms with Crippen LogP contribution < -0.4 is 5.32 Å². The minimum Gasteiger partial charge on any atom is -0.313 e. The SMILES string of the molecule is CCNCc1ccc(-c2ccc3ncccc3c2)c(Cl)c1. The highest BCUT2D eigenvalue weighted by Crippen LogP contribution is 2.30. The molecule has 2 nitrogen and oxygen atoms in total. The summed E-state index contributed by atoms with van der Waals surface area (Å²) >= 11 is 6.45. The zero-order valence-corrected chi connectivity index (χ0v) is 12.7. The number of halogens is 1. The Labute approximate surface area is 129 Å². The number of aromatic nitrogens is 1. The molecule has 1 N–H and O–H groups in total. The van der Waals surface area contributed by atoms with Gasteiger partial charge in [0.15, 0.2) is 0 Å². The van der Waals surface area contributed by atoms with E-state index >= 15 is 0 Å². The second-order valence-corrected chi connectivity index (χ2v) is 5.41. The summed E-state index contributed by atoms with van der Waals surface area (Å²) in [5.74, 6) is 0. The highest BCUT2D eigenvalue weighted by atomic mass is 35.5. The average molecular weight is 297 g/mol. The van der Waals surface area contributed by atoms with Gasteiger partial charge in [0.1, 0.15) is 0 Å². The highest BCUT2D eigenvalue weighted by molar-refractivity contribution is 6.33. The summed E-state index contributed by atoms with van der Waals surface area (Å²) in [5.41, 5.74) is 4.38. The summed E-state index contributed by atoms with van der Waals surface area (Å²) in [6.07, 6.45) is 1.81. The van der Waals surface area contributed by atoms with Crippen LogP contribution in [0, 0.1) is 0 Å². The van der Waals surface area contributed by atoms with Crippen LogP contribution in [0.4, 0.5) is 0 Å². The molecule has 0 radical (unpaired) electrons. The molecule has 106 valence electrons. The molecule has 0 aliphatic carbocycles. The number of nitrogens with zero attached hydrogens (tertiary/aromatic N) is 1. The van der Waals surface area contributed by atoms with E-state index in [1.54, 1.807) is 0 Å². The van der Waals surface area contributed by atoms with Crippen LogP contribution in [0.15, 0.2) is 54.7 Å². The van der Waals surface area contributed by atoms with Crippen LogP contribution in [0.1, 0.15) is 12.5 Å². The topological polar surface area (TPSA) is 24.9 Å². The van der Waals surface area contributed by atoms with Gasteiger partial charge in [0, 0.05) is 28.7 Å². The first-order valence-corrected chi connectivity index (χ1v) is 7.50. The first kappa shape index (κ1) is 14.1. The van der Waals surface area contributed by atoms with Crippen molar-refractivity contribution in [3.8, 4) is 11.1 Å². The third kappa shape index (κ3) is 3.07. The van der Waals surface area contributed by atoms with Crippen molar-refractivity contribution in [1.29, 1.82) is 0 Å². The Hall–Kier alpha value is -1.90. The quantitative estimate of drug-likeness (QED) is 0.757. The first-order chi connectivity index (χ1) is 10.3. The van der Waals surface area contributed by atoms with E-state index in [0.717, 1.165) is 40.1 Å². The predicted molar refractivity (Wildman–Crippen MR) is 89.6 cm³/mol. The molecule has 0 fully saturated rings. The van der Waals surface area contributed by atoms with Crippen molar-refractivity contribution >= 4 is 22.5 Å². The lowest BCUT2D eigenvalue weighted by Gasteiger charge is -2.09. The lowest BCUT2D eigenvalue weighted by atomic mass is 10.0. The Morgan fingerprint density at radius 1 is 1.10 bits per heavy atom. The van der Waals surface area contributed by atoms with Gasteiger partial charge in [-0.05, 0) is 41.9 Å². The van der Waals surface area contributed by atoms with Gasteiger partial charge in [-0.15, -0.1) is 0 Å². The third-order valence-electron chi connectivity index (χ3n) is 3.53. The van der Waals surface area contributed by atoms with E-state index in [1.807, 2.05) is 24.4 Å². The van der Waals surface area contributed by atoms with Gasteiger partial charge in [-0.25, -0.2) is 0 Å². The molecule has 0 bridgehead atoms. The molecule has 0 saturated carbocycles. The van der Waals surface area contributed by atoms with Gasteiger partial charge in [-0.3, -0.25) is 4.98 Å². The molecule has 1 heterocycles. The number of hydrogen-bond acceptors (Lipinski definition) is 2. The number of fused-ring (bicyclic) bond motifs is 1. The fourth-order valence-corrected chi connectivity index (χ4v) is 2.73. The molecule has 2 aromatic carbocycles. The summed E-state index contributed by atoms with van der Waals surface area (Å²) in [5, 5.41) is 5.22. The molecule has 0 saturated heterocycles. The predicted octanol–water partition coefficient (Wildman–Crippen LogP) is 4.66. The van der Waals surface area contributed by atoms with E-state index in [0.29, 0.717) is 0 Å². The fourth-order valence-electron chi connectivity index (χ4n) is 2.42. The lowest BCUT2D eigenvalue weighted by molar-refractivity contribution is 0.727. The van der Waals surface area contributed by atoms with Crippen molar-refractivity contribution in [2.45, 2.75) is 13.5 Å². The molecule has 0 spiro atoms. The normalized spacial score (nSPS) is 11.0. The summed E-state index contributed by atoms with van der Waals surface area (Å²) in [4.78, 5) is 4.35. The number of benzene rings is 2.